The van der Waals surface area contributed by atoms with Crippen molar-refractivity contribution in [1.29, 1.82) is 5.26 Å². The third-order valence-electron chi connectivity index (χ3n) is 3.30. The molecule has 2 heteroatoms. The summed E-state index contributed by atoms with van der Waals surface area (Å²) in [6, 6.07) is 0. The predicted octanol–water partition coefficient (Wildman–Crippen LogP) is 4.71. The van der Waals surface area contributed by atoms with Gasteiger partial charge in [0.1, 0.15) is 0 Å². The van der Waals surface area contributed by atoms with Crippen LogP contribution in [-0.4, -0.2) is 18.0 Å². The van der Waals surface area contributed by atoms with Gasteiger partial charge in [-0.15, -0.1) is 0 Å². The first-order valence-electron chi connectivity index (χ1n) is 7.49. The molecular formula is C15H30N2. The van der Waals surface area contributed by atoms with Crippen LogP contribution in [0.25, 0.3) is 0 Å². The molecule has 0 heterocycles. The molecule has 0 amide bonds. The van der Waals surface area contributed by atoms with Crippen molar-refractivity contribution in [1.82, 2.24) is 4.90 Å². The summed E-state index contributed by atoms with van der Waals surface area (Å²) in [5.41, 5.74) is 0. The highest BCUT2D eigenvalue weighted by molar-refractivity contribution is 4.71. The van der Waals surface area contributed by atoms with E-state index in [0.717, 1.165) is 13.1 Å². The second kappa shape index (κ2) is 13.4. The van der Waals surface area contributed by atoms with Gasteiger partial charge >= 0.3 is 0 Å². The zero-order valence-corrected chi connectivity index (χ0v) is 11.9. The van der Waals surface area contributed by atoms with Gasteiger partial charge in [-0.2, -0.15) is 5.26 Å². The minimum atomic E-state index is 0.855. The molecule has 0 aromatic carbocycles. The molecule has 0 bridgehead atoms. The topological polar surface area (TPSA) is 27.0 Å². The normalized spacial score (nSPS) is 10.2. The van der Waals surface area contributed by atoms with Gasteiger partial charge in [0, 0.05) is 13.1 Å². The number of nitriles is 1. The summed E-state index contributed by atoms with van der Waals surface area (Å²) >= 11 is 0. The third kappa shape index (κ3) is 11.6. The lowest BCUT2D eigenvalue weighted by Gasteiger charge is -2.11. The zero-order chi connectivity index (χ0) is 12.8. The second-order valence-corrected chi connectivity index (χ2v) is 4.86. The third-order valence-corrected chi connectivity index (χ3v) is 3.30. The van der Waals surface area contributed by atoms with Crippen molar-refractivity contribution in [3.63, 3.8) is 0 Å². The quantitative estimate of drug-likeness (QED) is 0.280. The average molecular weight is 238 g/mol. The van der Waals surface area contributed by atoms with E-state index in [1.807, 2.05) is 11.8 Å². The molecule has 0 aliphatic heterocycles. The fourth-order valence-corrected chi connectivity index (χ4v) is 2.07. The number of hydrogen-bond acceptors (Lipinski definition) is 2. The Morgan fingerprint density at radius 1 is 0.765 bits per heavy atom. The van der Waals surface area contributed by atoms with Gasteiger partial charge < -0.3 is 4.90 Å². The minimum Gasteiger partial charge on any atom is -0.311 e. The van der Waals surface area contributed by atoms with E-state index in [1.165, 1.54) is 64.2 Å². The van der Waals surface area contributed by atoms with Crippen LogP contribution < -0.4 is 0 Å². The van der Waals surface area contributed by atoms with Crippen LogP contribution in [0.4, 0.5) is 0 Å². The number of unbranched alkanes of at least 4 members (excludes halogenated alkanes) is 9. The van der Waals surface area contributed by atoms with Gasteiger partial charge in [-0.1, -0.05) is 64.7 Å². The molecule has 0 unspecified atom stereocenters. The van der Waals surface area contributed by atoms with Crippen LogP contribution in [0.15, 0.2) is 0 Å². The van der Waals surface area contributed by atoms with E-state index < -0.39 is 0 Å². The maximum Gasteiger partial charge on any atom is 0.179 e. The molecule has 0 saturated carbocycles. The molecular weight excluding hydrogens is 208 g/mol. The lowest BCUT2D eigenvalue weighted by molar-refractivity contribution is 0.393. The fraction of sp³-hybridized carbons (Fsp3) is 0.933. The molecule has 17 heavy (non-hydrogen) atoms. The molecule has 0 aliphatic carbocycles. The first-order chi connectivity index (χ1) is 8.35. The van der Waals surface area contributed by atoms with Gasteiger partial charge in [0.25, 0.3) is 0 Å². The van der Waals surface area contributed by atoms with Crippen LogP contribution in [0.5, 0.6) is 0 Å². The van der Waals surface area contributed by atoms with Crippen LogP contribution >= 0.6 is 0 Å². The monoisotopic (exact) mass is 238 g/mol. The average Bonchev–Trinajstić information content (AvgIpc) is 2.36. The molecule has 0 N–H and O–H groups in total. The Bertz CT molecular complexity index is 184. The maximum absolute atomic E-state index is 8.75. The number of nitrogens with zero attached hydrogens (tertiary/aromatic N) is 2. The van der Waals surface area contributed by atoms with E-state index >= 15 is 0 Å². The highest BCUT2D eigenvalue weighted by Crippen LogP contribution is 2.10. The Morgan fingerprint density at radius 3 is 1.65 bits per heavy atom. The lowest BCUT2D eigenvalue weighted by atomic mass is 10.1. The van der Waals surface area contributed by atoms with Crippen molar-refractivity contribution in [3.8, 4) is 6.19 Å². The highest BCUT2D eigenvalue weighted by Gasteiger charge is 1.97. The van der Waals surface area contributed by atoms with Crippen molar-refractivity contribution < 1.29 is 0 Å². The minimum absolute atomic E-state index is 0.855. The molecule has 0 aliphatic rings. The van der Waals surface area contributed by atoms with Gasteiger partial charge in [0.05, 0.1) is 0 Å². The van der Waals surface area contributed by atoms with Gasteiger partial charge in [0.2, 0.25) is 0 Å². The van der Waals surface area contributed by atoms with Crippen molar-refractivity contribution >= 4 is 0 Å². The van der Waals surface area contributed by atoms with Crippen LogP contribution in [0.1, 0.15) is 78.1 Å². The van der Waals surface area contributed by atoms with E-state index in [1.54, 1.807) is 0 Å². The molecule has 0 aromatic rings. The van der Waals surface area contributed by atoms with Crippen LogP contribution in [0, 0.1) is 11.5 Å². The first-order valence-corrected chi connectivity index (χ1v) is 7.49. The Kier molecular flexibility index (Phi) is 12.8. The van der Waals surface area contributed by atoms with E-state index in [4.69, 9.17) is 5.26 Å². The van der Waals surface area contributed by atoms with Crippen LogP contribution in [-0.2, 0) is 0 Å². The summed E-state index contributed by atoms with van der Waals surface area (Å²) in [6.07, 6.45) is 15.8. The largest absolute Gasteiger partial charge is 0.311 e. The Hall–Kier alpha value is -0.710. The molecule has 0 aromatic heterocycles. The van der Waals surface area contributed by atoms with Crippen LogP contribution in [0.2, 0.25) is 0 Å². The van der Waals surface area contributed by atoms with Crippen molar-refractivity contribution in [2.45, 2.75) is 78.1 Å². The standard InChI is InChI=1S/C15H30N2/c1-3-5-6-7-8-9-10-11-12-13-14-17(4-2)15-16/h3-14H2,1-2H3. The summed E-state index contributed by atoms with van der Waals surface area (Å²) in [5, 5.41) is 8.75. The molecule has 0 fully saturated rings. The maximum atomic E-state index is 8.75. The van der Waals surface area contributed by atoms with E-state index in [0.29, 0.717) is 0 Å². The Morgan fingerprint density at radius 2 is 1.24 bits per heavy atom. The molecule has 0 spiro atoms. The van der Waals surface area contributed by atoms with E-state index in [2.05, 4.69) is 13.1 Å². The molecule has 0 saturated heterocycles. The lowest BCUT2D eigenvalue weighted by Crippen LogP contribution is -2.17. The van der Waals surface area contributed by atoms with Gasteiger partial charge in [-0.05, 0) is 13.3 Å². The van der Waals surface area contributed by atoms with Gasteiger partial charge in [0.15, 0.2) is 6.19 Å². The van der Waals surface area contributed by atoms with E-state index in [-0.39, 0.29) is 0 Å². The van der Waals surface area contributed by atoms with Crippen molar-refractivity contribution in [3.05, 3.63) is 0 Å². The highest BCUT2D eigenvalue weighted by atomic mass is 15.1. The van der Waals surface area contributed by atoms with Gasteiger partial charge in [-0.25, -0.2) is 0 Å². The van der Waals surface area contributed by atoms with Crippen LogP contribution in [0.3, 0.4) is 0 Å². The molecule has 0 atom stereocenters. The zero-order valence-electron chi connectivity index (χ0n) is 11.9. The molecule has 100 valence electrons. The van der Waals surface area contributed by atoms with Crippen molar-refractivity contribution in [2.24, 2.45) is 0 Å². The first kappa shape index (κ1) is 16.3. The fourth-order valence-electron chi connectivity index (χ4n) is 2.07. The number of rotatable bonds is 12. The van der Waals surface area contributed by atoms with E-state index in [9.17, 15) is 0 Å². The molecule has 0 rings (SSSR count). The summed E-state index contributed by atoms with van der Waals surface area (Å²) in [5.74, 6) is 0. The van der Waals surface area contributed by atoms with Gasteiger partial charge in [-0.3, -0.25) is 0 Å². The smallest absolute Gasteiger partial charge is 0.179 e. The summed E-state index contributed by atoms with van der Waals surface area (Å²) in [6.45, 7) is 6.11. The predicted molar refractivity (Wildman–Crippen MR) is 74.7 cm³/mol. The summed E-state index contributed by atoms with van der Waals surface area (Å²) < 4.78 is 0. The second-order valence-electron chi connectivity index (χ2n) is 4.86. The molecule has 2 nitrogen and oxygen atoms in total. The molecule has 0 radical (unpaired) electrons. The van der Waals surface area contributed by atoms with Crippen molar-refractivity contribution in [2.75, 3.05) is 13.1 Å². The SMILES string of the molecule is CCCCCCCCCCCCN(C#N)CC. The summed E-state index contributed by atoms with van der Waals surface area (Å²) in [4.78, 5) is 1.84. The Balaban J connectivity index is 3.06. The Labute approximate surface area is 108 Å². The summed E-state index contributed by atoms with van der Waals surface area (Å²) in [7, 11) is 0. The number of hydrogen-bond donors (Lipinski definition) is 0.